The number of hydrogen-bond acceptors (Lipinski definition) is 6. The highest BCUT2D eigenvalue weighted by atomic mass is 19.1. The maximum Gasteiger partial charge on any atom is 0.319 e. The second kappa shape index (κ2) is 13.9. The van der Waals surface area contributed by atoms with E-state index in [2.05, 4.69) is 20.5 Å². The van der Waals surface area contributed by atoms with Crippen LogP contribution in [0.4, 0.5) is 19.3 Å². The lowest BCUT2D eigenvalue weighted by atomic mass is 9.87. The summed E-state index contributed by atoms with van der Waals surface area (Å²) in [6.45, 7) is 4.39. The van der Waals surface area contributed by atoms with Gasteiger partial charge in [0.2, 0.25) is 11.8 Å². The largest absolute Gasteiger partial charge is 0.439 e. The molecular formula is C30H34F2N6O4. The molecule has 10 nitrogen and oxygen atoms in total. The Morgan fingerprint density at radius 1 is 1.02 bits per heavy atom. The topological polar surface area (TPSA) is 153 Å². The molecule has 1 aromatic heterocycles. The number of urea groups is 1. The summed E-state index contributed by atoms with van der Waals surface area (Å²) in [5, 5.41) is 5.32. The molecule has 42 heavy (non-hydrogen) atoms. The van der Waals surface area contributed by atoms with Crippen LogP contribution in [0.1, 0.15) is 58.9 Å². The summed E-state index contributed by atoms with van der Waals surface area (Å²) in [7, 11) is 0. The minimum atomic E-state index is -1.09. The molecule has 1 saturated heterocycles. The summed E-state index contributed by atoms with van der Waals surface area (Å²) in [4.78, 5) is 42.0. The molecule has 1 unspecified atom stereocenters. The second-order valence-corrected chi connectivity index (χ2v) is 10.3. The molecule has 6 N–H and O–H groups in total. The van der Waals surface area contributed by atoms with Gasteiger partial charge in [0, 0.05) is 36.5 Å². The fraction of sp³-hybridized carbons (Fsp3) is 0.333. The summed E-state index contributed by atoms with van der Waals surface area (Å²) in [5.74, 6) is -2.44. The minimum absolute atomic E-state index is 0.133. The van der Waals surface area contributed by atoms with Gasteiger partial charge in [-0.05, 0) is 74.2 Å². The van der Waals surface area contributed by atoms with E-state index >= 15 is 0 Å². The number of halogens is 2. The van der Waals surface area contributed by atoms with Gasteiger partial charge in [0.05, 0.1) is 11.3 Å². The molecule has 2 heterocycles. The van der Waals surface area contributed by atoms with Crippen molar-refractivity contribution in [3.8, 4) is 11.6 Å². The summed E-state index contributed by atoms with van der Waals surface area (Å²) in [6.07, 6.45) is 5.07. The van der Waals surface area contributed by atoms with Gasteiger partial charge in [-0.15, -0.1) is 0 Å². The number of nitrogens with zero attached hydrogens (tertiary/aromatic N) is 2. The van der Waals surface area contributed by atoms with Crippen LogP contribution in [0, 0.1) is 17.6 Å². The Balaban J connectivity index is 1.27. The van der Waals surface area contributed by atoms with Crippen molar-refractivity contribution in [1.29, 1.82) is 0 Å². The summed E-state index contributed by atoms with van der Waals surface area (Å²) in [6, 6.07) is 10.9. The van der Waals surface area contributed by atoms with E-state index in [1.807, 2.05) is 13.0 Å². The molecule has 0 bridgehead atoms. The number of piperidine rings is 1. The maximum absolute atomic E-state index is 14.2. The summed E-state index contributed by atoms with van der Waals surface area (Å²) < 4.78 is 33.7. The van der Waals surface area contributed by atoms with Gasteiger partial charge in [0.15, 0.2) is 0 Å². The molecular weight excluding hydrogens is 546 g/mol. The molecule has 222 valence electrons. The zero-order valence-electron chi connectivity index (χ0n) is 23.2. The van der Waals surface area contributed by atoms with Crippen molar-refractivity contribution < 1.29 is 27.9 Å². The number of carbonyl (C=O) groups excluding carboxylic acids is 3. The van der Waals surface area contributed by atoms with Crippen LogP contribution in [-0.4, -0.2) is 46.9 Å². The Labute approximate surface area is 242 Å². The van der Waals surface area contributed by atoms with Gasteiger partial charge < -0.3 is 26.8 Å². The van der Waals surface area contributed by atoms with Crippen LogP contribution in [-0.2, 0) is 6.54 Å². The number of hydrogen-bond donors (Lipinski definition) is 4. The fourth-order valence-corrected chi connectivity index (χ4v) is 5.04. The van der Waals surface area contributed by atoms with Crippen LogP contribution in [0.15, 0.2) is 54.7 Å². The number of primary amides is 2. The predicted molar refractivity (Wildman–Crippen MR) is 153 cm³/mol. The Morgan fingerprint density at radius 3 is 2.33 bits per heavy atom. The Hall–Kier alpha value is -4.58. The van der Waals surface area contributed by atoms with Crippen LogP contribution >= 0.6 is 0 Å². The highest BCUT2D eigenvalue weighted by Crippen LogP contribution is 2.26. The number of ether oxygens (including phenoxy) is 1. The lowest BCUT2D eigenvalue weighted by molar-refractivity contribution is 0.0989. The first-order chi connectivity index (χ1) is 20.1. The van der Waals surface area contributed by atoms with E-state index in [9.17, 15) is 23.2 Å². The Kier molecular flexibility index (Phi) is 10.0. The molecule has 4 amide bonds. The van der Waals surface area contributed by atoms with Crippen LogP contribution in [0.2, 0.25) is 0 Å². The molecule has 3 aromatic rings. The quantitative estimate of drug-likeness (QED) is 0.261. The third-order valence-electron chi connectivity index (χ3n) is 7.25. The highest BCUT2D eigenvalue weighted by Gasteiger charge is 2.28. The number of anilines is 1. The Morgan fingerprint density at radius 2 is 1.74 bits per heavy atom. The maximum atomic E-state index is 14.2. The average molecular weight is 581 g/mol. The van der Waals surface area contributed by atoms with Crippen LogP contribution < -0.4 is 26.8 Å². The van der Waals surface area contributed by atoms with E-state index in [-0.39, 0.29) is 17.6 Å². The molecule has 1 atom stereocenters. The van der Waals surface area contributed by atoms with Crippen LogP contribution in [0.5, 0.6) is 11.6 Å². The van der Waals surface area contributed by atoms with Crippen LogP contribution in [0.25, 0.3) is 0 Å². The minimum Gasteiger partial charge on any atom is -0.439 e. The van der Waals surface area contributed by atoms with Crippen molar-refractivity contribution in [2.24, 2.45) is 17.4 Å². The number of benzene rings is 2. The molecule has 12 heteroatoms. The predicted octanol–water partition coefficient (Wildman–Crippen LogP) is 4.55. The molecule has 1 fully saturated rings. The first-order valence-corrected chi connectivity index (χ1v) is 13.7. The number of carbonyl (C=O) groups is 3. The molecule has 4 rings (SSSR count). The van der Waals surface area contributed by atoms with Crippen molar-refractivity contribution in [1.82, 2.24) is 15.2 Å². The number of pyridine rings is 1. The monoisotopic (exact) mass is 580 g/mol. The van der Waals surface area contributed by atoms with E-state index in [0.717, 1.165) is 50.4 Å². The molecule has 0 saturated carbocycles. The van der Waals surface area contributed by atoms with Gasteiger partial charge in [-0.2, -0.15) is 0 Å². The van der Waals surface area contributed by atoms with Crippen molar-refractivity contribution >= 4 is 23.5 Å². The van der Waals surface area contributed by atoms with Gasteiger partial charge in [-0.1, -0.05) is 19.4 Å². The van der Waals surface area contributed by atoms with Crippen LogP contribution in [0.3, 0.4) is 0 Å². The van der Waals surface area contributed by atoms with E-state index in [0.29, 0.717) is 29.8 Å². The molecule has 0 aliphatic carbocycles. The van der Waals surface area contributed by atoms with Gasteiger partial charge in [-0.3, -0.25) is 14.5 Å². The average Bonchev–Trinajstić information content (AvgIpc) is 2.96. The SMILES string of the molecule is CCCC(NC(=O)Nc1cc(C(N)=O)c(F)cc1F)C1CCN(Cc2ccc(Oc3ccc(C(N)=O)cc3)nc2)CC1. The zero-order chi connectivity index (χ0) is 30.2. The molecule has 2 aromatic carbocycles. The fourth-order valence-electron chi connectivity index (χ4n) is 5.04. The molecule has 1 aliphatic heterocycles. The number of nitrogens with one attached hydrogen (secondary N) is 2. The van der Waals surface area contributed by atoms with E-state index in [4.69, 9.17) is 16.2 Å². The van der Waals surface area contributed by atoms with Crippen molar-refractivity contribution in [3.05, 3.63) is 83.1 Å². The lowest BCUT2D eigenvalue weighted by Crippen LogP contribution is -2.46. The van der Waals surface area contributed by atoms with Gasteiger partial charge in [-0.25, -0.2) is 18.6 Å². The number of likely N-dealkylation sites (tertiary alicyclic amines) is 1. The van der Waals surface area contributed by atoms with Crippen molar-refractivity contribution in [3.63, 3.8) is 0 Å². The van der Waals surface area contributed by atoms with E-state index < -0.39 is 35.0 Å². The van der Waals surface area contributed by atoms with Crippen molar-refractivity contribution in [2.75, 3.05) is 18.4 Å². The van der Waals surface area contributed by atoms with E-state index in [1.54, 1.807) is 36.5 Å². The zero-order valence-corrected chi connectivity index (χ0v) is 23.2. The summed E-state index contributed by atoms with van der Waals surface area (Å²) in [5.41, 5.74) is 11.0. The molecule has 0 radical (unpaired) electrons. The number of aromatic nitrogens is 1. The smallest absolute Gasteiger partial charge is 0.319 e. The van der Waals surface area contributed by atoms with Crippen molar-refractivity contribution in [2.45, 2.75) is 45.2 Å². The first-order valence-electron chi connectivity index (χ1n) is 13.7. The highest BCUT2D eigenvalue weighted by molar-refractivity contribution is 5.96. The normalized spacial score (nSPS) is 14.6. The van der Waals surface area contributed by atoms with Gasteiger partial charge >= 0.3 is 6.03 Å². The summed E-state index contributed by atoms with van der Waals surface area (Å²) >= 11 is 0. The molecule has 0 spiro atoms. The van der Waals surface area contributed by atoms with E-state index in [1.165, 1.54) is 0 Å². The number of rotatable bonds is 11. The molecule has 1 aliphatic rings. The number of nitrogens with two attached hydrogens (primary N) is 2. The van der Waals surface area contributed by atoms with Gasteiger partial charge in [0.25, 0.3) is 5.91 Å². The number of amides is 4. The third kappa shape index (κ3) is 8.00. The Bertz CT molecular complexity index is 1410. The first kappa shape index (κ1) is 30.4. The van der Waals surface area contributed by atoms with Gasteiger partial charge in [0.1, 0.15) is 17.4 Å². The second-order valence-electron chi connectivity index (χ2n) is 10.3. The standard InChI is InChI=1S/C30H34F2N6O4/c1-2-3-25(36-30(41)37-26-14-22(29(34)40)23(31)15-24(26)32)19-10-12-38(13-11-19)17-18-4-9-27(35-16-18)42-21-7-5-20(6-8-21)28(33)39/h4-9,14-16,19,25H,2-3,10-13,17H2,1H3,(H2,33,39)(H2,34,40)(H2,36,37,41). The lowest BCUT2D eigenvalue weighted by Gasteiger charge is -2.36. The third-order valence-corrected chi connectivity index (χ3v) is 7.25.